The third-order valence-corrected chi connectivity index (χ3v) is 5.42. The Morgan fingerprint density at radius 3 is 2.53 bits per heavy atom. The Bertz CT molecular complexity index is 333. The number of halogens is 1. The zero-order chi connectivity index (χ0) is 10.3. The zero-order valence-corrected chi connectivity index (χ0v) is 11.2. The molecule has 2 unspecified atom stereocenters. The first-order chi connectivity index (χ1) is 7.33. The molecule has 3 heterocycles. The molecule has 0 aromatic carbocycles. The van der Waals surface area contributed by atoms with Gasteiger partial charge in [0.25, 0.3) is 0 Å². The molecule has 1 aromatic rings. The molecule has 0 spiro atoms. The van der Waals surface area contributed by atoms with Crippen molar-refractivity contribution in [2.24, 2.45) is 0 Å². The maximum absolute atomic E-state index is 3.54. The molecule has 0 saturated carbocycles. The van der Waals surface area contributed by atoms with Crippen LogP contribution in [0.5, 0.6) is 0 Å². The van der Waals surface area contributed by atoms with Crippen LogP contribution in [0.2, 0.25) is 0 Å². The summed E-state index contributed by atoms with van der Waals surface area (Å²) in [5, 5.41) is 0. The molecule has 82 valence electrons. The third kappa shape index (κ3) is 2.02. The summed E-state index contributed by atoms with van der Waals surface area (Å²) >= 11 is 5.43. The van der Waals surface area contributed by atoms with Crippen molar-refractivity contribution in [2.75, 3.05) is 0 Å². The van der Waals surface area contributed by atoms with Crippen LogP contribution < -0.4 is 0 Å². The molecule has 2 fully saturated rings. The quantitative estimate of drug-likeness (QED) is 0.793. The molecule has 2 saturated heterocycles. The maximum atomic E-state index is 3.54. The first-order valence-corrected chi connectivity index (χ1v) is 7.44. The Kier molecular flexibility index (Phi) is 2.88. The molecule has 2 aliphatic rings. The Labute approximate surface area is 104 Å². The van der Waals surface area contributed by atoms with E-state index in [0.29, 0.717) is 0 Å². The fourth-order valence-electron chi connectivity index (χ4n) is 3.10. The minimum atomic E-state index is 0.893. The van der Waals surface area contributed by atoms with Crippen molar-refractivity contribution in [1.82, 2.24) is 4.90 Å². The first kappa shape index (κ1) is 10.3. The van der Waals surface area contributed by atoms with E-state index in [1.807, 2.05) is 11.3 Å². The number of hydrogen-bond acceptors (Lipinski definition) is 2. The zero-order valence-electron chi connectivity index (χ0n) is 8.79. The van der Waals surface area contributed by atoms with E-state index in [1.54, 1.807) is 0 Å². The summed E-state index contributed by atoms with van der Waals surface area (Å²) in [5.74, 6) is 0. The van der Waals surface area contributed by atoms with E-state index >= 15 is 0 Å². The fraction of sp³-hybridized carbons (Fsp3) is 0.667. The lowest BCUT2D eigenvalue weighted by Crippen LogP contribution is -2.38. The summed E-state index contributed by atoms with van der Waals surface area (Å²) in [6, 6.07) is 6.23. The number of fused-ring (bicyclic) bond motifs is 2. The van der Waals surface area contributed by atoms with E-state index < -0.39 is 0 Å². The highest BCUT2D eigenvalue weighted by Gasteiger charge is 2.36. The number of thiophene rings is 1. The summed E-state index contributed by atoms with van der Waals surface area (Å²) < 4.78 is 1.27. The molecule has 1 aromatic heterocycles. The minimum Gasteiger partial charge on any atom is -0.292 e. The van der Waals surface area contributed by atoms with Crippen LogP contribution in [0, 0.1) is 0 Å². The topological polar surface area (TPSA) is 3.24 Å². The van der Waals surface area contributed by atoms with Crippen molar-refractivity contribution in [3.05, 3.63) is 20.8 Å². The van der Waals surface area contributed by atoms with Crippen LogP contribution in [0.15, 0.2) is 15.9 Å². The van der Waals surface area contributed by atoms with Gasteiger partial charge in [-0.25, -0.2) is 0 Å². The maximum Gasteiger partial charge on any atom is 0.0701 e. The molecule has 0 radical (unpaired) electrons. The van der Waals surface area contributed by atoms with Crippen molar-refractivity contribution in [2.45, 2.75) is 50.7 Å². The average molecular weight is 286 g/mol. The van der Waals surface area contributed by atoms with Gasteiger partial charge in [0, 0.05) is 23.5 Å². The second-order valence-electron chi connectivity index (χ2n) is 4.69. The predicted octanol–water partition coefficient (Wildman–Crippen LogP) is 4.03. The van der Waals surface area contributed by atoms with Gasteiger partial charge in [0.05, 0.1) is 3.79 Å². The smallest absolute Gasteiger partial charge is 0.0701 e. The highest BCUT2D eigenvalue weighted by molar-refractivity contribution is 9.11. The largest absolute Gasteiger partial charge is 0.292 e. The number of nitrogens with zero attached hydrogens (tertiary/aromatic N) is 1. The van der Waals surface area contributed by atoms with Gasteiger partial charge in [0.2, 0.25) is 0 Å². The predicted molar refractivity (Wildman–Crippen MR) is 68.2 cm³/mol. The van der Waals surface area contributed by atoms with E-state index in [-0.39, 0.29) is 0 Å². The molecule has 0 amide bonds. The molecule has 0 N–H and O–H groups in total. The number of hydrogen-bond donors (Lipinski definition) is 0. The second-order valence-corrected chi connectivity index (χ2v) is 7.24. The van der Waals surface area contributed by atoms with Crippen LogP contribution in [-0.2, 0) is 6.54 Å². The van der Waals surface area contributed by atoms with Crippen LogP contribution in [0.25, 0.3) is 0 Å². The van der Waals surface area contributed by atoms with Crippen molar-refractivity contribution in [3.63, 3.8) is 0 Å². The van der Waals surface area contributed by atoms with Crippen LogP contribution in [0.4, 0.5) is 0 Å². The average Bonchev–Trinajstić information content (AvgIpc) is 2.71. The van der Waals surface area contributed by atoms with Crippen molar-refractivity contribution in [3.8, 4) is 0 Å². The monoisotopic (exact) mass is 285 g/mol. The lowest BCUT2D eigenvalue weighted by atomic mass is 10.0. The molecule has 3 heteroatoms. The Morgan fingerprint density at radius 2 is 1.93 bits per heavy atom. The fourth-order valence-corrected chi connectivity index (χ4v) is 4.59. The summed E-state index contributed by atoms with van der Waals surface area (Å²) in [7, 11) is 0. The van der Waals surface area contributed by atoms with Crippen LogP contribution in [-0.4, -0.2) is 17.0 Å². The van der Waals surface area contributed by atoms with Crippen molar-refractivity contribution in [1.29, 1.82) is 0 Å². The molecular formula is C12H16BrNS. The lowest BCUT2D eigenvalue weighted by Gasteiger charge is -2.34. The summed E-state index contributed by atoms with van der Waals surface area (Å²) in [4.78, 5) is 4.27. The highest BCUT2D eigenvalue weighted by Crippen LogP contribution is 2.37. The summed E-state index contributed by atoms with van der Waals surface area (Å²) in [6.07, 6.45) is 7.21. The van der Waals surface area contributed by atoms with Gasteiger partial charge in [0.1, 0.15) is 0 Å². The van der Waals surface area contributed by atoms with Gasteiger partial charge < -0.3 is 0 Å². The SMILES string of the molecule is Brc1ccc(CN2C3CCCC2CC3)s1. The minimum absolute atomic E-state index is 0.893. The Morgan fingerprint density at radius 1 is 1.20 bits per heavy atom. The molecule has 2 atom stereocenters. The van der Waals surface area contributed by atoms with Crippen molar-refractivity contribution >= 4 is 27.3 Å². The molecule has 0 aliphatic carbocycles. The third-order valence-electron chi connectivity index (χ3n) is 3.81. The van der Waals surface area contributed by atoms with E-state index in [0.717, 1.165) is 12.1 Å². The van der Waals surface area contributed by atoms with Gasteiger partial charge in [-0.05, 0) is 53.7 Å². The second kappa shape index (κ2) is 4.19. The van der Waals surface area contributed by atoms with Gasteiger partial charge >= 0.3 is 0 Å². The summed E-state index contributed by atoms with van der Waals surface area (Å²) in [5.41, 5.74) is 0. The van der Waals surface area contributed by atoms with Crippen LogP contribution >= 0.6 is 27.3 Å². The molecule has 3 rings (SSSR count). The van der Waals surface area contributed by atoms with Gasteiger partial charge in [-0.2, -0.15) is 0 Å². The van der Waals surface area contributed by atoms with E-state index in [1.165, 1.54) is 47.3 Å². The van der Waals surface area contributed by atoms with Gasteiger partial charge in [-0.3, -0.25) is 4.90 Å². The van der Waals surface area contributed by atoms with Gasteiger partial charge in [0.15, 0.2) is 0 Å². The Hall–Kier alpha value is 0.140. The molecule has 2 bridgehead atoms. The van der Waals surface area contributed by atoms with E-state index in [2.05, 4.69) is 33.0 Å². The Balaban J connectivity index is 1.73. The standard InChI is InChI=1S/C12H16BrNS/c13-12-7-6-11(15-12)8-14-9-2-1-3-10(14)5-4-9/h6-7,9-10H,1-5,8H2. The van der Waals surface area contributed by atoms with Gasteiger partial charge in [-0.1, -0.05) is 6.42 Å². The lowest BCUT2D eigenvalue weighted by molar-refractivity contribution is 0.133. The van der Waals surface area contributed by atoms with Crippen LogP contribution in [0.3, 0.4) is 0 Å². The number of piperidine rings is 1. The first-order valence-electron chi connectivity index (χ1n) is 5.83. The van der Waals surface area contributed by atoms with Gasteiger partial charge in [-0.15, -0.1) is 11.3 Å². The van der Waals surface area contributed by atoms with Crippen molar-refractivity contribution < 1.29 is 0 Å². The van der Waals surface area contributed by atoms with E-state index in [4.69, 9.17) is 0 Å². The molecule has 1 nitrogen and oxygen atoms in total. The molecule has 15 heavy (non-hydrogen) atoms. The normalized spacial score (nSPS) is 31.0. The summed E-state index contributed by atoms with van der Waals surface area (Å²) in [6.45, 7) is 1.19. The number of rotatable bonds is 2. The van der Waals surface area contributed by atoms with E-state index in [9.17, 15) is 0 Å². The molecule has 2 aliphatic heterocycles. The van der Waals surface area contributed by atoms with Crippen LogP contribution in [0.1, 0.15) is 37.0 Å². The molecular weight excluding hydrogens is 270 g/mol. The highest BCUT2D eigenvalue weighted by atomic mass is 79.9.